The molecule has 2 aromatic carbocycles. The Morgan fingerprint density at radius 3 is 2.33 bits per heavy atom. The summed E-state index contributed by atoms with van der Waals surface area (Å²) < 4.78 is 74.4. The van der Waals surface area contributed by atoms with Crippen LogP contribution in [0.1, 0.15) is 34.1 Å². The Morgan fingerprint density at radius 1 is 0.970 bits per heavy atom. The highest BCUT2D eigenvalue weighted by atomic mass is 19.2. The van der Waals surface area contributed by atoms with E-state index in [1.807, 2.05) is 0 Å². The summed E-state index contributed by atoms with van der Waals surface area (Å²) in [5.74, 6) is -5.32. The lowest BCUT2D eigenvalue weighted by Crippen LogP contribution is -2.38. The predicted octanol–water partition coefficient (Wildman–Crippen LogP) is 4.38. The van der Waals surface area contributed by atoms with E-state index in [0.29, 0.717) is 6.07 Å². The van der Waals surface area contributed by atoms with Crippen LogP contribution < -0.4 is 5.56 Å². The first-order valence-electron chi connectivity index (χ1n) is 9.71. The molecule has 2 aromatic heterocycles. The molecule has 33 heavy (non-hydrogen) atoms. The highest BCUT2D eigenvalue weighted by Crippen LogP contribution is 2.39. The van der Waals surface area contributed by atoms with Gasteiger partial charge in [-0.05, 0) is 29.7 Å². The Hall–Kier alpha value is -3.73. The number of alkyl halides is 1. The van der Waals surface area contributed by atoms with Gasteiger partial charge in [-0.1, -0.05) is 0 Å². The molecule has 0 saturated carbocycles. The topological polar surface area (TPSA) is 78.2 Å². The molecule has 6 nitrogen and oxygen atoms in total. The van der Waals surface area contributed by atoms with Crippen molar-refractivity contribution in [3.05, 3.63) is 80.9 Å². The minimum atomic E-state index is -2.05. The first-order valence-corrected chi connectivity index (χ1v) is 9.71. The van der Waals surface area contributed by atoms with Crippen LogP contribution in [0.2, 0.25) is 0 Å². The van der Waals surface area contributed by atoms with Crippen LogP contribution in [0.3, 0.4) is 0 Å². The van der Waals surface area contributed by atoms with Gasteiger partial charge in [-0.3, -0.25) is 9.59 Å². The van der Waals surface area contributed by atoms with Gasteiger partial charge in [0, 0.05) is 29.6 Å². The number of halogens is 5. The van der Waals surface area contributed by atoms with E-state index in [2.05, 4.69) is 9.97 Å². The zero-order valence-electron chi connectivity index (χ0n) is 16.8. The van der Waals surface area contributed by atoms with Crippen molar-refractivity contribution < 1.29 is 31.5 Å². The molecule has 0 fully saturated rings. The van der Waals surface area contributed by atoms with Gasteiger partial charge in [-0.2, -0.15) is 0 Å². The van der Waals surface area contributed by atoms with E-state index in [4.69, 9.17) is 4.74 Å². The third-order valence-electron chi connectivity index (χ3n) is 5.77. The SMILES string of the molecule is CN(C(=O)c1cc2cc(F)c(F)cc2[nH]1)C1COC(F)c2[nH]c(=O)c3cc(F)c(F)cc3c21. The average Bonchev–Trinajstić information content (AvgIpc) is 3.18. The quantitative estimate of drug-likeness (QED) is 0.434. The summed E-state index contributed by atoms with van der Waals surface area (Å²) in [6.07, 6.45) is -2.05. The molecule has 0 aliphatic carbocycles. The summed E-state index contributed by atoms with van der Waals surface area (Å²) in [5, 5.41) is -0.0321. The maximum absolute atomic E-state index is 14.5. The van der Waals surface area contributed by atoms with Crippen LogP contribution >= 0.6 is 0 Å². The van der Waals surface area contributed by atoms with Crippen LogP contribution in [-0.4, -0.2) is 34.4 Å². The van der Waals surface area contributed by atoms with Gasteiger partial charge in [-0.25, -0.2) is 22.0 Å². The van der Waals surface area contributed by atoms with Crippen LogP contribution in [-0.2, 0) is 4.74 Å². The second kappa shape index (κ2) is 7.41. The fourth-order valence-electron chi connectivity index (χ4n) is 4.12. The molecule has 1 aliphatic rings. The van der Waals surface area contributed by atoms with Crippen LogP contribution in [0, 0.1) is 23.3 Å². The molecule has 0 bridgehead atoms. The van der Waals surface area contributed by atoms with Gasteiger partial charge in [0.1, 0.15) is 5.69 Å². The molecule has 5 rings (SSSR count). The van der Waals surface area contributed by atoms with Crippen LogP contribution in [0.4, 0.5) is 22.0 Å². The van der Waals surface area contributed by atoms with Crippen molar-refractivity contribution in [2.24, 2.45) is 0 Å². The number of aromatic nitrogens is 2. The second-order valence-corrected chi connectivity index (χ2v) is 7.71. The van der Waals surface area contributed by atoms with Crippen molar-refractivity contribution >= 4 is 27.6 Å². The van der Waals surface area contributed by atoms with Gasteiger partial charge in [-0.15, -0.1) is 0 Å². The number of ether oxygens (including phenoxy) is 1. The number of amides is 1. The highest BCUT2D eigenvalue weighted by molar-refractivity contribution is 5.98. The normalized spacial score (nSPS) is 18.0. The van der Waals surface area contributed by atoms with Crippen molar-refractivity contribution in [1.82, 2.24) is 14.9 Å². The number of aromatic amines is 2. The number of carbonyl (C=O) groups excluding carboxylic acids is 1. The minimum absolute atomic E-state index is 0.0209. The minimum Gasteiger partial charge on any atom is -0.350 e. The number of fused-ring (bicyclic) bond motifs is 4. The lowest BCUT2D eigenvalue weighted by Gasteiger charge is -2.34. The van der Waals surface area contributed by atoms with Crippen molar-refractivity contribution in [3.8, 4) is 0 Å². The molecule has 1 amide bonds. The third-order valence-corrected chi connectivity index (χ3v) is 5.77. The first kappa shape index (κ1) is 21.1. The van der Waals surface area contributed by atoms with Gasteiger partial charge in [0.15, 0.2) is 23.3 Å². The highest BCUT2D eigenvalue weighted by Gasteiger charge is 2.36. The van der Waals surface area contributed by atoms with Crippen molar-refractivity contribution in [2.45, 2.75) is 12.4 Å². The Kier molecular flexibility index (Phi) is 4.74. The van der Waals surface area contributed by atoms with Crippen molar-refractivity contribution in [3.63, 3.8) is 0 Å². The molecule has 2 N–H and O–H groups in total. The van der Waals surface area contributed by atoms with Crippen molar-refractivity contribution in [1.29, 1.82) is 0 Å². The zero-order chi connectivity index (χ0) is 23.6. The number of benzene rings is 2. The molecule has 2 atom stereocenters. The molecule has 0 spiro atoms. The number of hydrogen-bond acceptors (Lipinski definition) is 3. The summed E-state index contributed by atoms with van der Waals surface area (Å²) >= 11 is 0. The van der Waals surface area contributed by atoms with E-state index in [1.54, 1.807) is 0 Å². The van der Waals surface area contributed by atoms with E-state index < -0.39 is 47.1 Å². The Morgan fingerprint density at radius 2 is 1.61 bits per heavy atom. The van der Waals surface area contributed by atoms with Gasteiger partial charge in [0.25, 0.3) is 11.5 Å². The lowest BCUT2D eigenvalue weighted by molar-refractivity contribution is -0.0771. The third kappa shape index (κ3) is 3.27. The van der Waals surface area contributed by atoms with E-state index in [1.165, 1.54) is 13.1 Å². The largest absolute Gasteiger partial charge is 0.350 e. The summed E-state index contributed by atoms with van der Waals surface area (Å²) in [6.45, 7) is -0.347. The Bertz CT molecular complexity index is 1470. The second-order valence-electron chi connectivity index (χ2n) is 7.71. The zero-order valence-corrected chi connectivity index (χ0v) is 16.8. The van der Waals surface area contributed by atoms with E-state index >= 15 is 0 Å². The maximum atomic E-state index is 14.5. The van der Waals surface area contributed by atoms with E-state index in [-0.39, 0.29) is 45.2 Å². The molecule has 170 valence electrons. The summed E-state index contributed by atoms with van der Waals surface area (Å²) in [4.78, 5) is 31.6. The molecular weight excluding hydrogens is 449 g/mol. The number of likely N-dealkylation sites (N-methyl/N-ethyl adjacent to an activating group) is 1. The maximum Gasteiger partial charge on any atom is 0.270 e. The van der Waals surface area contributed by atoms with Gasteiger partial charge >= 0.3 is 0 Å². The van der Waals surface area contributed by atoms with Gasteiger partial charge in [0.2, 0.25) is 6.36 Å². The molecule has 4 aromatic rings. The van der Waals surface area contributed by atoms with Crippen LogP contribution in [0.5, 0.6) is 0 Å². The Labute approximate surface area is 181 Å². The van der Waals surface area contributed by atoms with Gasteiger partial charge < -0.3 is 19.6 Å². The number of rotatable bonds is 2. The predicted molar refractivity (Wildman–Crippen MR) is 107 cm³/mol. The lowest BCUT2D eigenvalue weighted by atomic mass is 9.95. The summed E-state index contributed by atoms with van der Waals surface area (Å²) in [6, 6.07) is 3.63. The number of nitrogens with one attached hydrogen (secondary N) is 2. The molecular formula is C22H14F5N3O3. The van der Waals surface area contributed by atoms with E-state index in [9.17, 15) is 31.5 Å². The van der Waals surface area contributed by atoms with E-state index in [0.717, 1.165) is 23.1 Å². The fourth-order valence-corrected chi connectivity index (χ4v) is 4.12. The molecule has 11 heteroatoms. The van der Waals surface area contributed by atoms with Gasteiger partial charge in [0.05, 0.1) is 23.7 Å². The number of carbonyl (C=O) groups is 1. The standard InChI is InChI=1S/C22H14F5N3O3/c1-30(22(32)16-3-8-2-11(23)14(26)6-15(8)28-16)17-7-33-20(27)19-18(17)9-4-12(24)13(25)5-10(9)21(31)29-19/h2-6,17,20,28H,7H2,1H3,(H,29,31). The molecule has 3 heterocycles. The first-order chi connectivity index (χ1) is 15.7. The Balaban J connectivity index is 1.63. The summed E-state index contributed by atoms with van der Waals surface area (Å²) in [7, 11) is 1.36. The number of nitrogens with zero attached hydrogens (tertiary/aromatic N) is 1. The summed E-state index contributed by atoms with van der Waals surface area (Å²) in [5.41, 5.74) is -0.931. The average molecular weight is 463 g/mol. The number of pyridine rings is 1. The molecule has 0 saturated heterocycles. The number of H-pyrrole nitrogens is 2. The molecule has 2 unspecified atom stereocenters. The van der Waals surface area contributed by atoms with Crippen molar-refractivity contribution in [2.75, 3.05) is 13.7 Å². The van der Waals surface area contributed by atoms with Crippen LogP contribution in [0.15, 0.2) is 35.1 Å². The smallest absolute Gasteiger partial charge is 0.270 e. The monoisotopic (exact) mass is 463 g/mol. The molecule has 0 radical (unpaired) electrons. The number of hydrogen-bond donors (Lipinski definition) is 2. The fraction of sp³-hybridized carbons (Fsp3) is 0.182. The molecule has 1 aliphatic heterocycles. The van der Waals surface area contributed by atoms with Crippen LogP contribution in [0.25, 0.3) is 21.7 Å².